The molecule has 3 nitrogen and oxygen atoms in total. The van der Waals surface area contributed by atoms with Crippen molar-refractivity contribution in [3.8, 4) is 0 Å². The van der Waals surface area contributed by atoms with Crippen molar-refractivity contribution in [2.24, 2.45) is 5.92 Å². The van der Waals surface area contributed by atoms with Crippen LogP contribution in [0.25, 0.3) is 0 Å². The van der Waals surface area contributed by atoms with E-state index in [9.17, 15) is 4.79 Å². The van der Waals surface area contributed by atoms with Crippen molar-refractivity contribution in [2.75, 3.05) is 6.26 Å². The first-order valence-electron chi connectivity index (χ1n) is 4.84. The Balaban J connectivity index is 2.33. The molecule has 4 heteroatoms. The zero-order chi connectivity index (χ0) is 10.1. The number of hydrogen-bond acceptors (Lipinski definition) is 3. The molecule has 1 saturated carbocycles. The van der Waals surface area contributed by atoms with E-state index in [1.54, 1.807) is 0 Å². The first-order valence-corrected chi connectivity index (χ1v) is 6.07. The highest BCUT2D eigenvalue weighted by Crippen LogP contribution is 2.32. The fraction of sp³-hybridized carbons (Fsp3) is 0.600. The molecule has 0 amide bonds. The Bertz CT molecular complexity index is 396. The van der Waals surface area contributed by atoms with Crippen molar-refractivity contribution in [1.82, 2.24) is 9.97 Å². The minimum absolute atomic E-state index is 0.0498. The van der Waals surface area contributed by atoms with E-state index < -0.39 is 0 Å². The van der Waals surface area contributed by atoms with Crippen LogP contribution in [0.1, 0.15) is 24.1 Å². The monoisotopic (exact) mass is 210 g/mol. The van der Waals surface area contributed by atoms with Gasteiger partial charge in [0.1, 0.15) is 0 Å². The van der Waals surface area contributed by atoms with Gasteiger partial charge < -0.3 is 4.98 Å². The largest absolute Gasteiger partial charge is 0.301 e. The Hall–Kier alpha value is -0.770. The second-order valence-electron chi connectivity index (χ2n) is 3.79. The summed E-state index contributed by atoms with van der Waals surface area (Å²) in [4.78, 5) is 18.8. The molecule has 0 unspecified atom stereocenters. The van der Waals surface area contributed by atoms with Crippen LogP contribution in [0, 0.1) is 12.8 Å². The molecule has 0 aromatic carbocycles. The smallest absolute Gasteiger partial charge is 0.254 e. The van der Waals surface area contributed by atoms with Gasteiger partial charge in [0, 0.05) is 11.3 Å². The molecular weight excluding hydrogens is 196 g/mol. The third-order valence-corrected chi connectivity index (χ3v) is 3.16. The summed E-state index contributed by atoms with van der Waals surface area (Å²) in [6.07, 6.45) is 5.35. The maximum Gasteiger partial charge on any atom is 0.254 e. The quantitative estimate of drug-likeness (QED) is 0.610. The van der Waals surface area contributed by atoms with Crippen molar-refractivity contribution in [3.63, 3.8) is 0 Å². The van der Waals surface area contributed by atoms with E-state index in [4.69, 9.17) is 0 Å². The van der Waals surface area contributed by atoms with E-state index in [1.165, 1.54) is 24.6 Å². The molecule has 1 aromatic heterocycles. The van der Waals surface area contributed by atoms with Gasteiger partial charge in [-0.3, -0.25) is 4.79 Å². The number of aromatic amines is 1. The summed E-state index contributed by atoms with van der Waals surface area (Å²) in [7, 11) is 0. The van der Waals surface area contributed by atoms with Crippen LogP contribution in [0.4, 0.5) is 0 Å². The number of hydrogen-bond donors (Lipinski definition) is 1. The van der Waals surface area contributed by atoms with E-state index in [1.807, 2.05) is 13.2 Å². The predicted molar refractivity (Wildman–Crippen MR) is 57.8 cm³/mol. The first-order chi connectivity index (χ1) is 6.70. The van der Waals surface area contributed by atoms with Crippen LogP contribution < -0.4 is 5.56 Å². The van der Waals surface area contributed by atoms with Crippen LogP contribution in [0.3, 0.4) is 0 Å². The highest BCUT2D eigenvalue weighted by Gasteiger charge is 2.24. The Morgan fingerprint density at radius 3 is 2.79 bits per heavy atom. The summed E-state index contributed by atoms with van der Waals surface area (Å²) >= 11 is 1.47. The fourth-order valence-electron chi connectivity index (χ4n) is 1.53. The van der Waals surface area contributed by atoms with Gasteiger partial charge in [-0.15, -0.1) is 0 Å². The average molecular weight is 210 g/mol. The third-order valence-electron chi connectivity index (χ3n) is 2.58. The minimum atomic E-state index is 0.0498. The molecule has 2 rings (SSSR count). The number of nitrogens with zero attached hydrogens (tertiary/aromatic N) is 1. The topological polar surface area (TPSA) is 45.8 Å². The fourth-order valence-corrected chi connectivity index (χ4v) is 1.96. The second-order valence-corrected chi connectivity index (χ2v) is 4.58. The van der Waals surface area contributed by atoms with E-state index >= 15 is 0 Å². The Morgan fingerprint density at radius 1 is 1.57 bits per heavy atom. The second kappa shape index (κ2) is 3.77. The summed E-state index contributed by atoms with van der Waals surface area (Å²) in [6.45, 7) is 1.92. The highest BCUT2D eigenvalue weighted by molar-refractivity contribution is 7.98. The molecule has 0 atom stereocenters. The molecular formula is C10H14N2OS. The van der Waals surface area contributed by atoms with E-state index in [2.05, 4.69) is 9.97 Å². The maximum atomic E-state index is 11.7. The molecule has 0 spiro atoms. The molecule has 1 aliphatic rings. The van der Waals surface area contributed by atoms with Crippen molar-refractivity contribution < 1.29 is 0 Å². The Labute approximate surface area is 87.3 Å². The number of rotatable bonds is 3. The number of thioether (sulfide) groups is 1. The van der Waals surface area contributed by atoms with E-state index in [0.29, 0.717) is 5.16 Å². The normalized spacial score (nSPS) is 15.9. The third kappa shape index (κ3) is 2.00. The van der Waals surface area contributed by atoms with Crippen LogP contribution in [0.15, 0.2) is 9.95 Å². The standard InChI is InChI=1S/C10H14N2OS/c1-6-8(5-7-3-4-7)9(13)12-10(11-6)14-2/h7H,3-5H2,1-2H3,(H,11,12,13). The van der Waals surface area contributed by atoms with Crippen LogP contribution in [-0.2, 0) is 6.42 Å². The summed E-state index contributed by atoms with van der Waals surface area (Å²) in [5.41, 5.74) is 1.82. The summed E-state index contributed by atoms with van der Waals surface area (Å²) in [5.74, 6) is 0.733. The first kappa shape index (κ1) is 9.77. The number of nitrogens with one attached hydrogen (secondary N) is 1. The van der Waals surface area contributed by atoms with Gasteiger partial charge in [0.25, 0.3) is 5.56 Å². The van der Waals surface area contributed by atoms with Gasteiger partial charge in [-0.05, 0) is 38.4 Å². The molecule has 1 aliphatic carbocycles. The zero-order valence-electron chi connectivity index (χ0n) is 8.46. The van der Waals surface area contributed by atoms with Gasteiger partial charge in [-0.2, -0.15) is 0 Å². The Kier molecular flexibility index (Phi) is 2.63. The van der Waals surface area contributed by atoms with Gasteiger partial charge in [0.15, 0.2) is 5.16 Å². The van der Waals surface area contributed by atoms with Gasteiger partial charge in [0.2, 0.25) is 0 Å². The zero-order valence-corrected chi connectivity index (χ0v) is 9.28. The lowest BCUT2D eigenvalue weighted by Crippen LogP contribution is -2.17. The number of H-pyrrole nitrogens is 1. The lowest BCUT2D eigenvalue weighted by molar-refractivity contribution is 0.774. The molecule has 76 valence electrons. The van der Waals surface area contributed by atoms with Gasteiger partial charge >= 0.3 is 0 Å². The number of aryl methyl sites for hydroxylation is 1. The van der Waals surface area contributed by atoms with Gasteiger partial charge in [-0.1, -0.05) is 11.8 Å². The molecule has 1 N–H and O–H groups in total. The molecule has 0 saturated heterocycles. The molecule has 14 heavy (non-hydrogen) atoms. The molecule has 1 heterocycles. The lowest BCUT2D eigenvalue weighted by atomic mass is 10.1. The van der Waals surface area contributed by atoms with Crippen LogP contribution >= 0.6 is 11.8 Å². The summed E-state index contributed by atoms with van der Waals surface area (Å²) in [5, 5.41) is 0.715. The molecule has 0 aliphatic heterocycles. The van der Waals surface area contributed by atoms with Gasteiger partial charge in [0.05, 0.1) is 0 Å². The molecule has 0 bridgehead atoms. The van der Waals surface area contributed by atoms with Crippen molar-refractivity contribution >= 4 is 11.8 Å². The Morgan fingerprint density at radius 2 is 2.29 bits per heavy atom. The van der Waals surface area contributed by atoms with Crippen molar-refractivity contribution in [2.45, 2.75) is 31.3 Å². The van der Waals surface area contributed by atoms with Crippen molar-refractivity contribution in [3.05, 3.63) is 21.6 Å². The average Bonchev–Trinajstić information content (AvgIpc) is 2.94. The summed E-state index contributed by atoms with van der Waals surface area (Å²) < 4.78 is 0. The van der Waals surface area contributed by atoms with Crippen LogP contribution in [0.2, 0.25) is 0 Å². The molecule has 0 radical (unpaired) electrons. The minimum Gasteiger partial charge on any atom is -0.301 e. The SMILES string of the molecule is CSc1nc(C)c(CC2CC2)c(=O)[nH]1. The highest BCUT2D eigenvalue weighted by atomic mass is 32.2. The van der Waals surface area contributed by atoms with E-state index in [-0.39, 0.29) is 5.56 Å². The lowest BCUT2D eigenvalue weighted by Gasteiger charge is -2.04. The molecule has 1 aromatic rings. The van der Waals surface area contributed by atoms with Crippen LogP contribution in [0.5, 0.6) is 0 Å². The van der Waals surface area contributed by atoms with Gasteiger partial charge in [-0.25, -0.2) is 4.98 Å². The predicted octanol–water partition coefficient (Wildman–Crippen LogP) is 1.75. The maximum absolute atomic E-state index is 11.7. The van der Waals surface area contributed by atoms with Crippen molar-refractivity contribution in [1.29, 1.82) is 0 Å². The summed E-state index contributed by atoms with van der Waals surface area (Å²) in [6, 6.07) is 0. The number of aromatic nitrogens is 2. The molecule has 1 fully saturated rings. The van der Waals surface area contributed by atoms with E-state index in [0.717, 1.165) is 23.6 Å². The van der Waals surface area contributed by atoms with Crippen LogP contribution in [-0.4, -0.2) is 16.2 Å².